The second kappa shape index (κ2) is 13.5. The molecule has 0 radical (unpaired) electrons. The van der Waals surface area contributed by atoms with Crippen molar-refractivity contribution in [1.29, 1.82) is 0 Å². The molecule has 3 aromatic carbocycles. The van der Waals surface area contributed by atoms with E-state index < -0.39 is 0 Å². The Labute approximate surface area is 258 Å². The predicted molar refractivity (Wildman–Crippen MR) is 164 cm³/mol. The summed E-state index contributed by atoms with van der Waals surface area (Å²) in [5.41, 5.74) is 4.21. The van der Waals surface area contributed by atoms with Crippen molar-refractivity contribution in [2.24, 2.45) is 0 Å². The maximum Gasteiger partial charge on any atom is 0.337 e. The number of amides is 1. The smallest absolute Gasteiger partial charge is 0.337 e. The zero-order chi connectivity index (χ0) is 30.5. The Morgan fingerprint density at radius 1 is 0.886 bits per heavy atom. The van der Waals surface area contributed by atoms with E-state index in [1.54, 1.807) is 36.4 Å². The van der Waals surface area contributed by atoms with Gasteiger partial charge in [-0.25, -0.2) is 4.79 Å². The number of hydrogen-bond donors (Lipinski definition) is 1. The zero-order valence-corrected chi connectivity index (χ0v) is 25.2. The second-order valence-corrected chi connectivity index (χ2v) is 11.8. The summed E-state index contributed by atoms with van der Waals surface area (Å²) in [6.07, 6.45) is 3.75. The van der Waals surface area contributed by atoms with Gasteiger partial charge >= 0.3 is 5.97 Å². The molecule has 0 aromatic heterocycles. The Kier molecular flexibility index (Phi) is 9.28. The summed E-state index contributed by atoms with van der Waals surface area (Å²) in [6.45, 7) is 4.83. The number of rotatable bonds is 8. The van der Waals surface area contributed by atoms with Crippen LogP contribution in [0.2, 0.25) is 0 Å². The van der Waals surface area contributed by atoms with E-state index in [9.17, 15) is 14.7 Å². The van der Waals surface area contributed by atoms with Crippen LogP contribution in [0.5, 0.6) is 11.5 Å². The van der Waals surface area contributed by atoms with Crippen LogP contribution in [0.3, 0.4) is 0 Å². The highest BCUT2D eigenvalue weighted by atomic mass is 16.7. The molecule has 3 aromatic rings. The molecule has 232 valence electrons. The first-order valence-corrected chi connectivity index (χ1v) is 15.4. The molecule has 0 bridgehead atoms. The van der Waals surface area contributed by atoms with Gasteiger partial charge in [-0.2, -0.15) is 0 Å². The summed E-state index contributed by atoms with van der Waals surface area (Å²) in [7, 11) is 1.38. The normalized spacial score (nSPS) is 18.8. The van der Waals surface area contributed by atoms with Crippen LogP contribution < -0.4 is 4.74 Å². The van der Waals surface area contributed by atoms with Gasteiger partial charge in [-0.1, -0.05) is 18.2 Å². The van der Waals surface area contributed by atoms with Gasteiger partial charge in [-0.05, 0) is 78.4 Å². The molecule has 3 aliphatic rings. The number of carbonyl (C=O) groups is 2. The Bertz CT molecular complexity index is 1430. The van der Waals surface area contributed by atoms with E-state index in [0.29, 0.717) is 54.8 Å². The van der Waals surface area contributed by atoms with Gasteiger partial charge in [-0.15, -0.1) is 0 Å². The molecule has 44 heavy (non-hydrogen) atoms. The summed E-state index contributed by atoms with van der Waals surface area (Å²) in [5.74, 6) is 0.902. The number of hydrogen-bond acceptors (Lipinski definition) is 8. The Morgan fingerprint density at radius 3 is 2.18 bits per heavy atom. The first kappa shape index (κ1) is 30.3. The number of esters is 1. The number of aliphatic hydroxyl groups excluding tert-OH is 1. The topological polar surface area (TPSA) is 97.8 Å². The van der Waals surface area contributed by atoms with Gasteiger partial charge in [0.15, 0.2) is 5.79 Å². The summed E-state index contributed by atoms with van der Waals surface area (Å²) in [6, 6.07) is 20.7. The van der Waals surface area contributed by atoms with Crippen LogP contribution >= 0.6 is 0 Å². The quantitative estimate of drug-likeness (QED) is 0.356. The molecule has 2 saturated heterocycles. The van der Waals surface area contributed by atoms with Crippen molar-refractivity contribution in [3.8, 4) is 11.5 Å². The molecule has 1 N–H and O–H groups in total. The average molecular weight is 601 g/mol. The van der Waals surface area contributed by atoms with Gasteiger partial charge < -0.3 is 29.0 Å². The molecule has 6 rings (SSSR count). The molecule has 3 fully saturated rings. The molecule has 2 heterocycles. The molecular weight excluding hydrogens is 560 g/mol. The first-order chi connectivity index (χ1) is 21.4. The summed E-state index contributed by atoms with van der Waals surface area (Å²) < 4.78 is 22.6. The monoisotopic (exact) mass is 600 g/mol. The maximum atomic E-state index is 13.2. The van der Waals surface area contributed by atoms with Crippen LogP contribution in [0, 0.1) is 0 Å². The first-order valence-electron chi connectivity index (χ1n) is 15.4. The van der Waals surface area contributed by atoms with Gasteiger partial charge in [0, 0.05) is 56.7 Å². The number of nitrogens with zero attached hydrogens (tertiary/aromatic N) is 2. The number of aliphatic hydroxyl groups is 1. The number of piperazine rings is 1. The summed E-state index contributed by atoms with van der Waals surface area (Å²) >= 11 is 0. The minimum atomic E-state index is -0.385. The molecule has 1 aliphatic carbocycles. The van der Waals surface area contributed by atoms with Gasteiger partial charge in [0.1, 0.15) is 11.5 Å². The lowest BCUT2D eigenvalue weighted by molar-refractivity contribution is -0.178. The van der Waals surface area contributed by atoms with Gasteiger partial charge in [0.05, 0.1) is 32.5 Å². The van der Waals surface area contributed by atoms with E-state index in [1.807, 2.05) is 29.2 Å². The maximum absolute atomic E-state index is 13.2. The second-order valence-electron chi connectivity index (χ2n) is 11.8. The fourth-order valence-corrected chi connectivity index (χ4v) is 6.46. The number of ether oxygens (including phenoxy) is 4. The zero-order valence-electron chi connectivity index (χ0n) is 25.2. The van der Waals surface area contributed by atoms with E-state index >= 15 is 0 Å². The van der Waals surface area contributed by atoms with Crippen molar-refractivity contribution >= 4 is 11.9 Å². The Hall–Kier alpha value is -3.76. The van der Waals surface area contributed by atoms with Crippen molar-refractivity contribution in [2.45, 2.75) is 50.5 Å². The summed E-state index contributed by atoms with van der Waals surface area (Å²) in [4.78, 5) is 29.1. The van der Waals surface area contributed by atoms with E-state index in [1.165, 1.54) is 12.7 Å². The fourth-order valence-electron chi connectivity index (χ4n) is 6.46. The van der Waals surface area contributed by atoms with E-state index in [4.69, 9.17) is 18.9 Å². The van der Waals surface area contributed by atoms with Crippen LogP contribution in [0.4, 0.5) is 0 Å². The molecule has 0 atom stereocenters. The SMILES string of the molecule is COC(=O)c1ccc(CN2CCN(C(=O)c3ccc(Oc4ccc(C5CCC6(CC5)OCCO6)cc4CO)cc3)CC2)cc1. The highest BCUT2D eigenvalue weighted by molar-refractivity contribution is 5.94. The predicted octanol–water partition coefficient (Wildman–Crippen LogP) is 5.12. The molecular formula is C35H40N2O7. The lowest BCUT2D eigenvalue weighted by atomic mass is 9.80. The van der Waals surface area contributed by atoms with Gasteiger partial charge in [0.2, 0.25) is 0 Å². The third kappa shape index (κ3) is 6.81. The molecule has 9 heteroatoms. The lowest BCUT2D eigenvalue weighted by Crippen LogP contribution is -2.48. The highest BCUT2D eigenvalue weighted by Crippen LogP contribution is 2.43. The van der Waals surface area contributed by atoms with Crippen LogP contribution in [-0.4, -0.2) is 79.1 Å². The third-order valence-electron chi connectivity index (χ3n) is 9.06. The molecule has 0 unspecified atom stereocenters. The molecule has 1 spiro atoms. The van der Waals surface area contributed by atoms with Crippen LogP contribution in [0.1, 0.15) is 69.0 Å². The van der Waals surface area contributed by atoms with Crippen molar-refractivity contribution < 1.29 is 33.6 Å². The molecule has 2 aliphatic heterocycles. The van der Waals surface area contributed by atoms with Crippen LogP contribution in [0.15, 0.2) is 66.7 Å². The molecule has 9 nitrogen and oxygen atoms in total. The molecule has 1 saturated carbocycles. The Balaban J connectivity index is 1.00. The third-order valence-corrected chi connectivity index (χ3v) is 9.06. The lowest BCUT2D eigenvalue weighted by Gasteiger charge is -2.35. The number of benzene rings is 3. The van der Waals surface area contributed by atoms with Crippen molar-refractivity contribution in [2.75, 3.05) is 46.5 Å². The highest BCUT2D eigenvalue weighted by Gasteiger charge is 2.40. The minimum absolute atomic E-state index is 0.00157. The summed E-state index contributed by atoms with van der Waals surface area (Å²) in [5, 5.41) is 10.1. The van der Waals surface area contributed by atoms with Crippen molar-refractivity contribution in [1.82, 2.24) is 9.80 Å². The van der Waals surface area contributed by atoms with E-state index in [0.717, 1.165) is 56.4 Å². The minimum Gasteiger partial charge on any atom is -0.465 e. The number of methoxy groups -OCH3 is 1. The average Bonchev–Trinajstić information content (AvgIpc) is 3.53. The van der Waals surface area contributed by atoms with Crippen molar-refractivity contribution in [3.63, 3.8) is 0 Å². The van der Waals surface area contributed by atoms with Gasteiger partial charge in [-0.3, -0.25) is 9.69 Å². The largest absolute Gasteiger partial charge is 0.465 e. The standard InChI is InChI=1S/C35H40N2O7/c1-41-34(40)28-4-2-25(3-5-28)23-36-16-18-37(19-17-36)33(39)27-6-9-31(10-7-27)44-32-11-8-29(22-30(32)24-38)26-12-14-35(15-13-26)42-20-21-43-35/h2-11,22,26,38H,12-21,23-24H2,1H3. The fraction of sp³-hybridized carbons (Fsp3) is 0.429. The van der Waals surface area contributed by atoms with Gasteiger partial charge in [0.25, 0.3) is 5.91 Å². The number of carbonyl (C=O) groups excluding carboxylic acids is 2. The van der Waals surface area contributed by atoms with E-state index in [-0.39, 0.29) is 24.3 Å². The molecule has 1 amide bonds. The van der Waals surface area contributed by atoms with Crippen LogP contribution in [0.25, 0.3) is 0 Å². The van der Waals surface area contributed by atoms with Crippen LogP contribution in [-0.2, 0) is 27.4 Å². The van der Waals surface area contributed by atoms with Crippen molar-refractivity contribution in [3.05, 3.63) is 94.5 Å². The Morgan fingerprint density at radius 2 is 1.55 bits per heavy atom. The van der Waals surface area contributed by atoms with E-state index in [2.05, 4.69) is 11.0 Å².